The van der Waals surface area contributed by atoms with Crippen LogP contribution in [-0.2, 0) is 20.9 Å². The van der Waals surface area contributed by atoms with E-state index in [1.165, 1.54) is 7.11 Å². The molecule has 25 heavy (non-hydrogen) atoms. The van der Waals surface area contributed by atoms with E-state index >= 15 is 0 Å². The van der Waals surface area contributed by atoms with Gasteiger partial charge in [0.15, 0.2) is 6.61 Å². The Morgan fingerprint density at radius 2 is 1.92 bits per heavy atom. The number of esters is 1. The van der Waals surface area contributed by atoms with Gasteiger partial charge in [-0.15, -0.1) is 0 Å². The Balaban J connectivity index is 1.94. The second-order valence-corrected chi connectivity index (χ2v) is 5.54. The summed E-state index contributed by atoms with van der Waals surface area (Å²) in [4.78, 5) is 24.0. The lowest BCUT2D eigenvalue weighted by Gasteiger charge is -2.11. The Morgan fingerprint density at radius 3 is 2.64 bits per heavy atom. The van der Waals surface area contributed by atoms with Gasteiger partial charge >= 0.3 is 5.97 Å². The topological polar surface area (TPSA) is 73.9 Å². The standard InChI is InChI=1S/C18H18ClNO5/c1-23-10-12-4-3-5-13(8-12)18(22)25-11-17(21)20-15-9-14(19)6-7-16(15)24-2/h3-9H,10-11H2,1-2H3,(H,20,21). The summed E-state index contributed by atoms with van der Waals surface area (Å²) in [6, 6.07) is 11.6. The molecule has 0 spiro atoms. The zero-order valence-electron chi connectivity index (χ0n) is 13.9. The first kappa shape index (κ1) is 18.8. The predicted molar refractivity (Wildman–Crippen MR) is 94.1 cm³/mol. The van der Waals surface area contributed by atoms with E-state index in [0.29, 0.717) is 28.6 Å². The summed E-state index contributed by atoms with van der Waals surface area (Å²) in [5, 5.41) is 3.04. The average molecular weight is 364 g/mol. The number of rotatable bonds is 7. The molecule has 2 aromatic carbocycles. The molecule has 0 saturated heterocycles. The quantitative estimate of drug-likeness (QED) is 0.764. The van der Waals surface area contributed by atoms with Crippen molar-refractivity contribution >= 4 is 29.2 Å². The van der Waals surface area contributed by atoms with Crippen LogP contribution < -0.4 is 10.1 Å². The monoisotopic (exact) mass is 363 g/mol. The molecule has 1 N–H and O–H groups in total. The zero-order chi connectivity index (χ0) is 18.2. The molecule has 0 bridgehead atoms. The lowest BCUT2D eigenvalue weighted by Crippen LogP contribution is -2.21. The molecule has 0 radical (unpaired) electrons. The normalized spacial score (nSPS) is 10.2. The Morgan fingerprint density at radius 1 is 1.12 bits per heavy atom. The van der Waals surface area contributed by atoms with E-state index in [1.807, 2.05) is 6.07 Å². The summed E-state index contributed by atoms with van der Waals surface area (Å²) in [6.45, 7) is -0.0425. The van der Waals surface area contributed by atoms with Crippen LogP contribution in [0.3, 0.4) is 0 Å². The Bertz CT molecular complexity index is 763. The molecule has 0 unspecified atom stereocenters. The number of nitrogens with one attached hydrogen (secondary N) is 1. The third kappa shape index (κ3) is 5.48. The number of methoxy groups -OCH3 is 2. The van der Waals surface area contributed by atoms with Gasteiger partial charge in [0.25, 0.3) is 5.91 Å². The second-order valence-electron chi connectivity index (χ2n) is 5.10. The molecule has 7 heteroatoms. The first-order chi connectivity index (χ1) is 12.0. The maximum absolute atomic E-state index is 12.0. The number of anilines is 1. The molecule has 0 aliphatic carbocycles. The summed E-state index contributed by atoms with van der Waals surface area (Å²) in [5.74, 6) is -0.635. The number of hydrogen-bond acceptors (Lipinski definition) is 5. The number of carbonyl (C=O) groups excluding carboxylic acids is 2. The minimum atomic E-state index is -0.592. The summed E-state index contributed by atoms with van der Waals surface area (Å²) in [5.41, 5.74) is 1.59. The van der Waals surface area contributed by atoms with Gasteiger partial charge < -0.3 is 19.5 Å². The molecular formula is C18H18ClNO5. The maximum Gasteiger partial charge on any atom is 0.338 e. The van der Waals surface area contributed by atoms with Crippen LogP contribution in [0.25, 0.3) is 0 Å². The molecular weight excluding hydrogens is 346 g/mol. The second kappa shape index (κ2) is 9.05. The summed E-state index contributed by atoms with van der Waals surface area (Å²) in [6.07, 6.45) is 0. The van der Waals surface area contributed by atoms with Crippen molar-refractivity contribution in [1.82, 2.24) is 0 Å². The van der Waals surface area contributed by atoms with Crippen molar-refractivity contribution in [2.75, 3.05) is 26.1 Å². The minimum absolute atomic E-state index is 0.350. The molecule has 2 aromatic rings. The predicted octanol–water partition coefficient (Wildman–Crippen LogP) is 3.29. The van der Waals surface area contributed by atoms with Crippen molar-refractivity contribution < 1.29 is 23.8 Å². The molecule has 0 aliphatic rings. The Kier molecular flexibility index (Phi) is 6.80. The van der Waals surface area contributed by atoms with Crippen LogP contribution in [-0.4, -0.2) is 32.7 Å². The largest absolute Gasteiger partial charge is 0.495 e. The fraction of sp³-hybridized carbons (Fsp3) is 0.222. The van der Waals surface area contributed by atoms with Gasteiger partial charge in [0.1, 0.15) is 5.75 Å². The average Bonchev–Trinajstić information content (AvgIpc) is 2.60. The van der Waals surface area contributed by atoms with Gasteiger partial charge in [0.05, 0.1) is 25.0 Å². The van der Waals surface area contributed by atoms with Gasteiger partial charge in [-0.05, 0) is 35.9 Å². The molecule has 0 heterocycles. The van der Waals surface area contributed by atoms with E-state index in [0.717, 1.165) is 5.56 Å². The Hall–Kier alpha value is -2.57. The Labute approximate surface area is 150 Å². The summed E-state index contributed by atoms with van der Waals surface area (Å²) >= 11 is 5.90. The molecule has 0 atom stereocenters. The van der Waals surface area contributed by atoms with Crippen LogP contribution in [0, 0.1) is 0 Å². The lowest BCUT2D eigenvalue weighted by atomic mass is 10.1. The van der Waals surface area contributed by atoms with E-state index < -0.39 is 18.5 Å². The van der Waals surface area contributed by atoms with E-state index in [4.69, 9.17) is 25.8 Å². The molecule has 0 aromatic heterocycles. The number of amides is 1. The fourth-order valence-electron chi connectivity index (χ4n) is 2.13. The van der Waals surface area contributed by atoms with E-state index in [-0.39, 0.29) is 0 Å². The van der Waals surface area contributed by atoms with Crippen molar-refractivity contribution in [3.8, 4) is 5.75 Å². The van der Waals surface area contributed by atoms with Gasteiger partial charge in [-0.1, -0.05) is 23.7 Å². The highest BCUT2D eigenvalue weighted by Crippen LogP contribution is 2.27. The van der Waals surface area contributed by atoms with E-state index in [2.05, 4.69) is 5.32 Å². The molecule has 0 fully saturated rings. The van der Waals surface area contributed by atoms with Gasteiger partial charge in [-0.2, -0.15) is 0 Å². The number of ether oxygens (including phenoxy) is 3. The van der Waals surface area contributed by atoms with Crippen LogP contribution in [0.5, 0.6) is 5.75 Å². The minimum Gasteiger partial charge on any atom is -0.495 e. The van der Waals surface area contributed by atoms with Crippen LogP contribution in [0.4, 0.5) is 5.69 Å². The first-order valence-electron chi connectivity index (χ1n) is 7.42. The highest BCUT2D eigenvalue weighted by Gasteiger charge is 2.13. The summed E-state index contributed by atoms with van der Waals surface area (Å²) < 4.78 is 15.2. The highest BCUT2D eigenvalue weighted by molar-refractivity contribution is 6.31. The lowest BCUT2D eigenvalue weighted by molar-refractivity contribution is -0.119. The van der Waals surface area contributed by atoms with Crippen LogP contribution in [0.1, 0.15) is 15.9 Å². The van der Waals surface area contributed by atoms with Crippen molar-refractivity contribution in [2.24, 2.45) is 0 Å². The summed E-state index contributed by atoms with van der Waals surface area (Å²) in [7, 11) is 3.05. The van der Waals surface area contributed by atoms with Gasteiger partial charge in [0.2, 0.25) is 0 Å². The van der Waals surface area contributed by atoms with Crippen molar-refractivity contribution in [3.05, 3.63) is 58.6 Å². The molecule has 1 amide bonds. The molecule has 6 nitrogen and oxygen atoms in total. The van der Waals surface area contributed by atoms with Gasteiger partial charge in [-0.3, -0.25) is 4.79 Å². The number of carbonyl (C=O) groups is 2. The maximum atomic E-state index is 12.0. The number of hydrogen-bond donors (Lipinski definition) is 1. The smallest absolute Gasteiger partial charge is 0.338 e. The van der Waals surface area contributed by atoms with Crippen LogP contribution >= 0.6 is 11.6 Å². The molecule has 0 aliphatic heterocycles. The fourth-order valence-corrected chi connectivity index (χ4v) is 2.31. The van der Waals surface area contributed by atoms with E-state index in [1.54, 1.807) is 43.5 Å². The SMILES string of the molecule is COCc1cccc(C(=O)OCC(=O)Nc2cc(Cl)ccc2OC)c1. The van der Waals surface area contributed by atoms with Gasteiger partial charge in [0, 0.05) is 12.1 Å². The number of benzene rings is 2. The van der Waals surface area contributed by atoms with E-state index in [9.17, 15) is 9.59 Å². The van der Waals surface area contributed by atoms with Crippen molar-refractivity contribution in [3.63, 3.8) is 0 Å². The first-order valence-corrected chi connectivity index (χ1v) is 7.79. The molecule has 132 valence electrons. The zero-order valence-corrected chi connectivity index (χ0v) is 14.6. The van der Waals surface area contributed by atoms with Crippen molar-refractivity contribution in [2.45, 2.75) is 6.61 Å². The highest BCUT2D eigenvalue weighted by atomic mass is 35.5. The van der Waals surface area contributed by atoms with Gasteiger partial charge in [-0.25, -0.2) is 4.79 Å². The van der Waals surface area contributed by atoms with Crippen LogP contribution in [0.2, 0.25) is 5.02 Å². The van der Waals surface area contributed by atoms with Crippen LogP contribution in [0.15, 0.2) is 42.5 Å². The third-order valence-electron chi connectivity index (χ3n) is 3.24. The molecule has 0 saturated carbocycles. The molecule has 2 rings (SSSR count). The third-order valence-corrected chi connectivity index (χ3v) is 3.48. The number of halogens is 1. The van der Waals surface area contributed by atoms with Crippen molar-refractivity contribution in [1.29, 1.82) is 0 Å².